The Hall–Kier alpha value is -1.29. The zero-order valence-electron chi connectivity index (χ0n) is 15.7. The summed E-state index contributed by atoms with van der Waals surface area (Å²) in [5.41, 5.74) is 1.06. The van der Waals surface area contributed by atoms with E-state index in [0.717, 1.165) is 24.8 Å². The number of para-hydroxylation sites is 1. The van der Waals surface area contributed by atoms with E-state index in [4.69, 9.17) is 14.3 Å². The molecule has 0 spiro atoms. The Bertz CT molecular complexity index is 531. The summed E-state index contributed by atoms with van der Waals surface area (Å²) >= 11 is 0. The van der Waals surface area contributed by atoms with Gasteiger partial charge in [-0.05, 0) is 30.9 Å². The van der Waals surface area contributed by atoms with Gasteiger partial charge in [0.05, 0.1) is 0 Å². The molecule has 0 aromatic heterocycles. The number of carbonyl (C=O) groups excluding carboxylic acids is 2. The normalized spacial score (nSPS) is 13.7. The van der Waals surface area contributed by atoms with E-state index in [0.29, 0.717) is 18.6 Å². The number of hydrogen-bond donors (Lipinski definition) is 2. The zero-order valence-corrected chi connectivity index (χ0v) is 16.5. The van der Waals surface area contributed by atoms with Crippen LogP contribution in [0.2, 0.25) is 0 Å². The van der Waals surface area contributed by atoms with Crippen LogP contribution in [0.3, 0.4) is 0 Å². The smallest absolute Gasteiger partial charge is 0.391 e. The lowest BCUT2D eigenvalue weighted by Gasteiger charge is -2.10. The summed E-state index contributed by atoms with van der Waals surface area (Å²) in [6.07, 6.45) is 11.6. The quantitative estimate of drug-likeness (QED) is 0.342. The maximum Gasteiger partial charge on any atom is 0.391 e. The van der Waals surface area contributed by atoms with Crippen molar-refractivity contribution in [3.05, 3.63) is 29.8 Å². The van der Waals surface area contributed by atoms with Crippen LogP contribution in [0.15, 0.2) is 24.3 Å². The molecule has 1 aliphatic carbocycles. The molecular weight excluding hydrogens is 351 g/mol. The third-order valence-corrected chi connectivity index (χ3v) is 4.68. The van der Waals surface area contributed by atoms with Crippen molar-refractivity contribution in [2.24, 2.45) is 0 Å². The van der Waals surface area contributed by atoms with Gasteiger partial charge in [-0.2, -0.15) is 0 Å². The van der Waals surface area contributed by atoms with Gasteiger partial charge < -0.3 is 14.3 Å². The first-order chi connectivity index (χ1) is 12.5. The van der Waals surface area contributed by atoms with Crippen LogP contribution in [0.25, 0.3) is 0 Å². The monoisotopic (exact) mass is 382 g/mol. The number of carbonyl (C=O) groups is 2. The molecule has 0 amide bonds. The van der Waals surface area contributed by atoms with Crippen LogP contribution in [0.1, 0.15) is 76.7 Å². The second kappa shape index (κ2) is 13.9. The summed E-state index contributed by atoms with van der Waals surface area (Å²) in [4.78, 5) is 38.3. The second-order valence-corrected chi connectivity index (χ2v) is 7.21. The van der Waals surface area contributed by atoms with Gasteiger partial charge in [0, 0.05) is 12.8 Å². The van der Waals surface area contributed by atoms with Crippen LogP contribution >= 0.6 is 8.60 Å². The van der Waals surface area contributed by atoms with E-state index < -0.39 is 8.60 Å². The molecule has 0 heterocycles. The van der Waals surface area contributed by atoms with Gasteiger partial charge >= 0.3 is 8.60 Å². The molecule has 0 saturated heterocycles. The standard InChI is InChI=1S/C15H25O3P.C5H6O2/c1-2-3-4-5-6-7-8-11-14-12-9-10-13-15(14)18-19(16)17;6-4-2-1-3-5(4)7/h9-10,12-13,16-17H,2-8,11H2,1H3;1-3H2. The van der Waals surface area contributed by atoms with Gasteiger partial charge in [0.2, 0.25) is 0 Å². The highest BCUT2D eigenvalue weighted by Crippen LogP contribution is 2.32. The Morgan fingerprint density at radius 3 is 2.04 bits per heavy atom. The van der Waals surface area contributed by atoms with E-state index in [1.54, 1.807) is 6.07 Å². The fraction of sp³-hybridized carbons (Fsp3) is 0.600. The number of ketones is 2. The number of unbranched alkanes of at least 4 members (excludes halogenated alkanes) is 6. The van der Waals surface area contributed by atoms with E-state index in [9.17, 15) is 9.59 Å². The molecule has 1 aromatic carbocycles. The van der Waals surface area contributed by atoms with Gasteiger partial charge in [-0.3, -0.25) is 9.59 Å². The minimum atomic E-state index is -2.32. The Morgan fingerprint density at radius 1 is 0.923 bits per heavy atom. The molecule has 1 aromatic rings. The molecule has 0 bridgehead atoms. The molecule has 5 nitrogen and oxygen atoms in total. The van der Waals surface area contributed by atoms with Crippen molar-refractivity contribution in [2.75, 3.05) is 0 Å². The highest BCUT2D eigenvalue weighted by atomic mass is 31.2. The molecule has 1 aliphatic rings. The SMILES string of the molecule is CCCCCCCCCc1ccccc1OP(O)O.O=C1CCCC1=O. The van der Waals surface area contributed by atoms with Crippen molar-refractivity contribution < 1.29 is 23.9 Å². The van der Waals surface area contributed by atoms with Crippen LogP contribution in [0, 0.1) is 0 Å². The van der Waals surface area contributed by atoms with Crippen molar-refractivity contribution in [3.63, 3.8) is 0 Å². The first-order valence-corrected chi connectivity index (χ1v) is 10.7. The highest BCUT2D eigenvalue weighted by molar-refractivity contribution is 7.39. The summed E-state index contributed by atoms with van der Waals surface area (Å²) in [6.45, 7) is 2.23. The van der Waals surface area contributed by atoms with Crippen molar-refractivity contribution in [1.82, 2.24) is 0 Å². The minimum Gasteiger partial charge on any atom is -0.427 e. The number of benzene rings is 1. The third kappa shape index (κ3) is 10.0. The van der Waals surface area contributed by atoms with Crippen LogP contribution < -0.4 is 4.52 Å². The number of rotatable bonds is 10. The molecule has 146 valence electrons. The lowest BCUT2D eigenvalue weighted by molar-refractivity contribution is -0.134. The number of Topliss-reactive ketones (excluding diaryl/α,β-unsaturated/α-hetero) is 2. The molecule has 0 atom stereocenters. The molecule has 26 heavy (non-hydrogen) atoms. The van der Waals surface area contributed by atoms with E-state index in [1.807, 2.05) is 18.2 Å². The van der Waals surface area contributed by atoms with Crippen LogP contribution in [-0.2, 0) is 16.0 Å². The van der Waals surface area contributed by atoms with E-state index in [1.165, 1.54) is 38.5 Å². The number of aryl methyl sites for hydroxylation is 1. The largest absolute Gasteiger partial charge is 0.427 e. The summed E-state index contributed by atoms with van der Waals surface area (Å²) in [5.74, 6) is 0.240. The summed E-state index contributed by atoms with van der Waals surface area (Å²) in [7, 11) is -2.32. The van der Waals surface area contributed by atoms with Crippen molar-refractivity contribution in [2.45, 2.75) is 77.6 Å². The molecule has 1 fully saturated rings. The molecular formula is C20H31O5P. The summed E-state index contributed by atoms with van der Waals surface area (Å²) in [6, 6.07) is 7.59. The van der Waals surface area contributed by atoms with Gasteiger partial charge in [0.1, 0.15) is 5.75 Å². The van der Waals surface area contributed by atoms with E-state index >= 15 is 0 Å². The van der Waals surface area contributed by atoms with Crippen molar-refractivity contribution in [1.29, 1.82) is 0 Å². The zero-order chi connectivity index (χ0) is 19.2. The Labute approximate surface area is 157 Å². The average Bonchev–Trinajstić information content (AvgIpc) is 2.99. The molecule has 1 saturated carbocycles. The van der Waals surface area contributed by atoms with Gasteiger partial charge in [0.15, 0.2) is 11.6 Å². The van der Waals surface area contributed by atoms with Crippen LogP contribution in [0.5, 0.6) is 5.75 Å². The highest BCUT2D eigenvalue weighted by Gasteiger charge is 2.19. The van der Waals surface area contributed by atoms with Crippen molar-refractivity contribution >= 4 is 20.2 Å². The molecule has 0 unspecified atom stereocenters. The Balaban J connectivity index is 0.000000401. The lowest BCUT2D eigenvalue weighted by atomic mass is 10.0. The predicted molar refractivity (Wildman–Crippen MR) is 104 cm³/mol. The summed E-state index contributed by atoms with van der Waals surface area (Å²) in [5, 5.41) is 0. The minimum absolute atomic E-state index is 0.181. The van der Waals surface area contributed by atoms with Gasteiger partial charge in [-0.25, -0.2) is 0 Å². The lowest BCUT2D eigenvalue weighted by Crippen LogP contribution is -2.01. The molecule has 2 rings (SSSR count). The van der Waals surface area contributed by atoms with Gasteiger partial charge in [-0.1, -0.05) is 63.6 Å². The van der Waals surface area contributed by atoms with E-state index in [-0.39, 0.29) is 11.6 Å². The van der Waals surface area contributed by atoms with Crippen LogP contribution in [0.4, 0.5) is 0 Å². The fourth-order valence-corrected chi connectivity index (χ4v) is 3.20. The summed E-state index contributed by atoms with van der Waals surface area (Å²) < 4.78 is 5.03. The molecule has 2 N–H and O–H groups in total. The maximum atomic E-state index is 10.2. The van der Waals surface area contributed by atoms with Gasteiger partial charge in [-0.15, -0.1) is 0 Å². The molecule has 0 aliphatic heterocycles. The van der Waals surface area contributed by atoms with Gasteiger partial charge in [0.25, 0.3) is 0 Å². The Kier molecular flexibility index (Phi) is 12.1. The maximum absolute atomic E-state index is 10.2. The number of hydrogen-bond acceptors (Lipinski definition) is 5. The predicted octanol–water partition coefficient (Wildman–Crippen LogP) is 4.88. The fourth-order valence-electron chi connectivity index (χ4n) is 2.85. The molecule has 0 radical (unpaired) electrons. The first kappa shape index (κ1) is 22.8. The second-order valence-electron chi connectivity index (χ2n) is 6.52. The van der Waals surface area contributed by atoms with E-state index in [2.05, 4.69) is 6.92 Å². The molecule has 6 heteroatoms. The van der Waals surface area contributed by atoms with Crippen molar-refractivity contribution in [3.8, 4) is 5.75 Å². The Morgan fingerprint density at radius 2 is 1.50 bits per heavy atom. The van der Waals surface area contributed by atoms with Crippen LogP contribution in [-0.4, -0.2) is 21.4 Å². The average molecular weight is 382 g/mol. The third-order valence-electron chi connectivity index (χ3n) is 4.32. The topological polar surface area (TPSA) is 83.8 Å². The first-order valence-electron chi connectivity index (χ1n) is 9.54.